The Hall–Kier alpha value is -1.36. The molecule has 1 aliphatic rings. The number of carboxylic acids is 1. The summed E-state index contributed by atoms with van der Waals surface area (Å²) in [7, 11) is 0. The molecule has 1 amide bonds. The van der Waals surface area contributed by atoms with Crippen LogP contribution in [0.15, 0.2) is 12.2 Å². The summed E-state index contributed by atoms with van der Waals surface area (Å²) in [5, 5.41) is 8.67. The standard InChI is InChI=1S/C17H30N2O3/c1-2-3-4-5-6-7-8-9-16(20)19-14-12-18(13-15-19)11-10-17(21)22/h8-9H,2-7,10-15H2,1H3,(H,21,22). The van der Waals surface area contributed by atoms with E-state index in [4.69, 9.17) is 5.11 Å². The number of carboxylic acid groups (broad SMARTS) is 1. The number of unbranched alkanes of at least 4 members (excludes halogenated alkanes) is 5. The van der Waals surface area contributed by atoms with Gasteiger partial charge in [0.15, 0.2) is 0 Å². The number of nitrogens with zero attached hydrogens (tertiary/aromatic N) is 2. The summed E-state index contributed by atoms with van der Waals surface area (Å²) in [4.78, 5) is 26.5. The predicted octanol–water partition coefficient (Wildman–Crippen LogP) is 2.52. The van der Waals surface area contributed by atoms with Crippen molar-refractivity contribution < 1.29 is 14.7 Å². The highest BCUT2D eigenvalue weighted by molar-refractivity contribution is 5.87. The Morgan fingerprint density at radius 3 is 2.36 bits per heavy atom. The summed E-state index contributed by atoms with van der Waals surface area (Å²) in [6.07, 6.45) is 11.1. The van der Waals surface area contributed by atoms with Gasteiger partial charge in [0.2, 0.25) is 5.91 Å². The van der Waals surface area contributed by atoms with Crippen LogP contribution in [-0.2, 0) is 9.59 Å². The zero-order valence-corrected chi connectivity index (χ0v) is 13.8. The molecule has 1 N–H and O–H groups in total. The van der Waals surface area contributed by atoms with E-state index < -0.39 is 5.97 Å². The molecule has 5 heteroatoms. The van der Waals surface area contributed by atoms with Gasteiger partial charge in [0, 0.05) is 32.7 Å². The quantitative estimate of drug-likeness (QED) is 0.497. The van der Waals surface area contributed by atoms with Crippen LogP contribution in [0.5, 0.6) is 0 Å². The van der Waals surface area contributed by atoms with Crippen LogP contribution in [0.2, 0.25) is 0 Å². The summed E-state index contributed by atoms with van der Waals surface area (Å²) in [5.41, 5.74) is 0. The SMILES string of the molecule is CCCCCCCC=CC(=O)N1CCN(CCC(=O)O)CC1. The molecule has 1 saturated heterocycles. The Morgan fingerprint density at radius 1 is 1.05 bits per heavy atom. The highest BCUT2D eigenvalue weighted by Crippen LogP contribution is 2.07. The molecule has 1 rings (SSSR count). The molecule has 0 aromatic rings. The number of rotatable bonds is 10. The molecule has 0 aromatic heterocycles. The molecule has 5 nitrogen and oxygen atoms in total. The Kier molecular flexibility index (Phi) is 9.55. The van der Waals surface area contributed by atoms with Crippen molar-refractivity contribution >= 4 is 11.9 Å². The van der Waals surface area contributed by atoms with Crippen molar-refractivity contribution in [2.45, 2.75) is 51.9 Å². The molecule has 1 fully saturated rings. The van der Waals surface area contributed by atoms with Crippen LogP contribution in [-0.4, -0.2) is 59.5 Å². The molecule has 0 aliphatic carbocycles. The lowest BCUT2D eigenvalue weighted by molar-refractivity contribution is -0.138. The second kappa shape index (κ2) is 11.2. The van der Waals surface area contributed by atoms with Crippen molar-refractivity contribution in [3.63, 3.8) is 0 Å². The van der Waals surface area contributed by atoms with E-state index in [2.05, 4.69) is 11.8 Å². The predicted molar refractivity (Wildman–Crippen MR) is 87.8 cm³/mol. The molecule has 1 aliphatic heterocycles. The minimum absolute atomic E-state index is 0.0893. The number of hydrogen-bond donors (Lipinski definition) is 1. The largest absolute Gasteiger partial charge is 0.481 e. The van der Waals surface area contributed by atoms with Gasteiger partial charge in [-0.1, -0.05) is 38.7 Å². The van der Waals surface area contributed by atoms with Gasteiger partial charge in [0.25, 0.3) is 0 Å². The second-order valence-electron chi connectivity index (χ2n) is 5.92. The van der Waals surface area contributed by atoms with Crippen LogP contribution >= 0.6 is 0 Å². The van der Waals surface area contributed by atoms with Crippen LogP contribution in [0.1, 0.15) is 51.9 Å². The maximum atomic E-state index is 12.0. The van der Waals surface area contributed by atoms with E-state index in [1.54, 1.807) is 6.08 Å². The minimum Gasteiger partial charge on any atom is -0.481 e. The van der Waals surface area contributed by atoms with Crippen LogP contribution in [0.25, 0.3) is 0 Å². The normalized spacial score (nSPS) is 16.3. The summed E-state index contributed by atoms with van der Waals surface area (Å²) < 4.78 is 0. The van der Waals surface area contributed by atoms with Crippen LogP contribution < -0.4 is 0 Å². The van der Waals surface area contributed by atoms with Gasteiger partial charge in [-0.15, -0.1) is 0 Å². The zero-order chi connectivity index (χ0) is 16.2. The van der Waals surface area contributed by atoms with Gasteiger partial charge in [-0.2, -0.15) is 0 Å². The average Bonchev–Trinajstić information content (AvgIpc) is 2.52. The van der Waals surface area contributed by atoms with Crippen molar-refractivity contribution in [3.8, 4) is 0 Å². The highest BCUT2D eigenvalue weighted by atomic mass is 16.4. The van der Waals surface area contributed by atoms with Gasteiger partial charge >= 0.3 is 5.97 Å². The molecule has 0 bridgehead atoms. The van der Waals surface area contributed by atoms with Crippen molar-refractivity contribution in [1.29, 1.82) is 0 Å². The molecule has 0 spiro atoms. The lowest BCUT2D eigenvalue weighted by atomic mass is 10.1. The molecule has 1 heterocycles. The topological polar surface area (TPSA) is 60.9 Å². The first-order valence-corrected chi connectivity index (χ1v) is 8.53. The molecule has 0 unspecified atom stereocenters. The monoisotopic (exact) mass is 310 g/mol. The Morgan fingerprint density at radius 2 is 1.73 bits per heavy atom. The maximum absolute atomic E-state index is 12.0. The van der Waals surface area contributed by atoms with E-state index in [1.807, 2.05) is 11.0 Å². The van der Waals surface area contributed by atoms with Crippen molar-refractivity contribution in [2.24, 2.45) is 0 Å². The average molecular weight is 310 g/mol. The van der Waals surface area contributed by atoms with Crippen LogP contribution in [0.3, 0.4) is 0 Å². The third kappa shape index (κ3) is 8.17. The lowest BCUT2D eigenvalue weighted by Gasteiger charge is -2.33. The van der Waals surface area contributed by atoms with E-state index >= 15 is 0 Å². The minimum atomic E-state index is -0.764. The van der Waals surface area contributed by atoms with E-state index in [1.165, 1.54) is 25.7 Å². The Labute approximate surface area is 134 Å². The van der Waals surface area contributed by atoms with Crippen LogP contribution in [0, 0.1) is 0 Å². The lowest BCUT2D eigenvalue weighted by Crippen LogP contribution is -2.48. The van der Waals surface area contributed by atoms with Gasteiger partial charge in [-0.3, -0.25) is 14.5 Å². The van der Waals surface area contributed by atoms with Crippen LogP contribution in [0.4, 0.5) is 0 Å². The number of amides is 1. The summed E-state index contributed by atoms with van der Waals surface area (Å²) in [5.74, 6) is -0.674. The number of carbonyl (C=O) groups is 2. The smallest absolute Gasteiger partial charge is 0.304 e. The Balaban J connectivity index is 2.12. The third-order valence-corrected chi connectivity index (χ3v) is 4.06. The van der Waals surface area contributed by atoms with Gasteiger partial charge < -0.3 is 10.0 Å². The van der Waals surface area contributed by atoms with E-state index in [9.17, 15) is 9.59 Å². The number of allylic oxidation sites excluding steroid dienone is 1. The Bertz CT molecular complexity index is 361. The summed E-state index contributed by atoms with van der Waals surface area (Å²) in [6.45, 7) is 5.71. The molecular weight excluding hydrogens is 280 g/mol. The number of aliphatic carboxylic acids is 1. The van der Waals surface area contributed by atoms with Gasteiger partial charge in [-0.25, -0.2) is 0 Å². The second-order valence-corrected chi connectivity index (χ2v) is 5.92. The first-order chi connectivity index (χ1) is 10.6. The molecule has 22 heavy (non-hydrogen) atoms. The molecule has 0 radical (unpaired) electrons. The summed E-state index contributed by atoms with van der Waals surface area (Å²) >= 11 is 0. The third-order valence-electron chi connectivity index (χ3n) is 4.06. The fourth-order valence-electron chi connectivity index (χ4n) is 2.60. The van der Waals surface area contributed by atoms with Gasteiger partial charge in [0.05, 0.1) is 6.42 Å². The summed E-state index contributed by atoms with van der Waals surface area (Å²) in [6, 6.07) is 0. The first kappa shape index (κ1) is 18.7. The maximum Gasteiger partial charge on any atom is 0.304 e. The number of hydrogen-bond acceptors (Lipinski definition) is 3. The van der Waals surface area contributed by atoms with E-state index in [0.717, 1.165) is 25.9 Å². The van der Waals surface area contributed by atoms with E-state index in [-0.39, 0.29) is 12.3 Å². The fourth-order valence-corrected chi connectivity index (χ4v) is 2.60. The molecular formula is C17H30N2O3. The van der Waals surface area contributed by atoms with Gasteiger partial charge in [-0.05, 0) is 18.9 Å². The van der Waals surface area contributed by atoms with Crippen molar-refractivity contribution in [2.75, 3.05) is 32.7 Å². The fraction of sp³-hybridized carbons (Fsp3) is 0.765. The molecule has 0 atom stereocenters. The zero-order valence-electron chi connectivity index (χ0n) is 13.8. The molecule has 0 saturated carbocycles. The molecule has 0 aromatic carbocycles. The first-order valence-electron chi connectivity index (χ1n) is 8.53. The van der Waals surface area contributed by atoms with Crippen molar-refractivity contribution in [3.05, 3.63) is 12.2 Å². The highest BCUT2D eigenvalue weighted by Gasteiger charge is 2.19. The number of carbonyl (C=O) groups excluding carboxylic acids is 1. The van der Waals surface area contributed by atoms with E-state index in [0.29, 0.717) is 19.6 Å². The number of piperazine rings is 1. The van der Waals surface area contributed by atoms with Crippen molar-refractivity contribution in [1.82, 2.24) is 9.80 Å². The van der Waals surface area contributed by atoms with Gasteiger partial charge in [0.1, 0.15) is 0 Å². The molecule has 126 valence electrons.